The van der Waals surface area contributed by atoms with Gasteiger partial charge < -0.3 is 10.8 Å². The Hall–Kier alpha value is -2.14. The molecule has 0 radical (unpaired) electrons. The molecule has 2 aromatic rings. The molecule has 5 nitrogen and oxygen atoms in total. The number of aromatic nitrogens is 2. The molecule has 0 saturated heterocycles. The maximum absolute atomic E-state index is 9.43. The molecule has 0 aliphatic carbocycles. The molecule has 0 bridgehead atoms. The lowest BCUT2D eigenvalue weighted by Crippen LogP contribution is -2.30. The van der Waals surface area contributed by atoms with Crippen LogP contribution in [-0.2, 0) is 19.5 Å². The van der Waals surface area contributed by atoms with Crippen molar-refractivity contribution in [3.05, 3.63) is 47.2 Å². The monoisotopic (exact) mass is 256 g/mol. The van der Waals surface area contributed by atoms with Crippen LogP contribution in [0.3, 0.4) is 0 Å². The summed E-state index contributed by atoms with van der Waals surface area (Å²) >= 11 is 0. The van der Waals surface area contributed by atoms with Gasteiger partial charge in [-0.05, 0) is 17.5 Å². The zero-order valence-electron chi connectivity index (χ0n) is 10.6. The van der Waals surface area contributed by atoms with Crippen molar-refractivity contribution in [1.29, 1.82) is 0 Å². The molecule has 0 spiro atoms. The van der Waals surface area contributed by atoms with Crippen LogP contribution in [0.2, 0.25) is 0 Å². The molecular formula is C14H16N4O. The maximum atomic E-state index is 9.43. The van der Waals surface area contributed by atoms with E-state index in [1.165, 1.54) is 11.1 Å². The number of nitrogens with two attached hydrogens (primary N) is 1. The summed E-state index contributed by atoms with van der Waals surface area (Å²) in [6.07, 6.45) is 1.04. The van der Waals surface area contributed by atoms with E-state index < -0.39 is 0 Å². The Labute approximate surface area is 111 Å². The Morgan fingerprint density at radius 3 is 2.79 bits per heavy atom. The van der Waals surface area contributed by atoms with E-state index in [0.29, 0.717) is 6.54 Å². The standard InChI is InChI=1S/C14H16N4O/c15-14-16-12(7-13(19)17-14)9-18-6-5-10-3-1-2-4-11(10)8-18/h1-4,7H,5-6,8-9H2,(H3,15,16,17,19). The lowest BCUT2D eigenvalue weighted by molar-refractivity contribution is 0.242. The molecule has 1 aliphatic heterocycles. The number of nitrogen functional groups attached to an aromatic ring is 1. The molecule has 5 heteroatoms. The minimum Gasteiger partial charge on any atom is -0.493 e. The van der Waals surface area contributed by atoms with Crippen molar-refractivity contribution in [3.8, 4) is 5.88 Å². The second kappa shape index (κ2) is 4.85. The van der Waals surface area contributed by atoms with Crippen molar-refractivity contribution in [2.45, 2.75) is 19.5 Å². The van der Waals surface area contributed by atoms with E-state index in [9.17, 15) is 5.11 Å². The highest BCUT2D eigenvalue weighted by molar-refractivity contribution is 5.30. The van der Waals surface area contributed by atoms with Gasteiger partial charge in [0.15, 0.2) is 0 Å². The molecule has 19 heavy (non-hydrogen) atoms. The molecule has 1 aliphatic rings. The second-order valence-electron chi connectivity index (χ2n) is 4.81. The van der Waals surface area contributed by atoms with Gasteiger partial charge in [0, 0.05) is 25.7 Å². The van der Waals surface area contributed by atoms with E-state index >= 15 is 0 Å². The predicted molar refractivity (Wildman–Crippen MR) is 72.4 cm³/mol. The number of benzene rings is 1. The summed E-state index contributed by atoms with van der Waals surface area (Å²) in [4.78, 5) is 10.1. The SMILES string of the molecule is Nc1nc(O)cc(CN2CCc3ccccc3C2)n1. The van der Waals surface area contributed by atoms with Crippen LogP contribution in [0.15, 0.2) is 30.3 Å². The Balaban J connectivity index is 1.75. The van der Waals surface area contributed by atoms with Gasteiger partial charge in [0.2, 0.25) is 11.8 Å². The lowest BCUT2D eigenvalue weighted by atomic mass is 10.00. The zero-order valence-corrected chi connectivity index (χ0v) is 10.6. The highest BCUT2D eigenvalue weighted by Gasteiger charge is 2.16. The van der Waals surface area contributed by atoms with Crippen molar-refractivity contribution in [1.82, 2.24) is 14.9 Å². The summed E-state index contributed by atoms with van der Waals surface area (Å²) in [5, 5.41) is 9.43. The summed E-state index contributed by atoms with van der Waals surface area (Å²) in [7, 11) is 0. The van der Waals surface area contributed by atoms with Gasteiger partial charge in [0.05, 0.1) is 5.69 Å². The fourth-order valence-corrected chi connectivity index (χ4v) is 2.50. The van der Waals surface area contributed by atoms with E-state index in [-0.39, 0.29) is 11.8 Å². The molecule has 3 N–H and O–H groups in total. The van der Waals surface area contributed by atoms with Crippen molar-refractivity contribution in [2.24, 2.45) is 0 Å². The van der Waals surface area contributed by atoms with Crippen LogP contribution in [0.1, 0.15) is 16.8 Å². The molecule has 1 aromatic heterocycles. The highest BCUT2D eigenvalue weighted by atomic mass is 16.3. The first-order valence-electron chi connectivity index (χ1n) is 6.32. The van der Waals surface area contributed by atoms with Crippen LogP contribution < -0.4 is 5.73 Å². The molecular weight excluding hydrogens is 240 g/mol. The number of fused-ring (bicyclic) bond motifs is 1. The van der Waals surface area contributed by atoms with Gasteiger partial charge in [0.25, 0.3) is 0 Å². The molecule has 3 rings (SSSR count). The number of hydrogen-bond donors (Lipinski definition) is 2. The predicted octanol–water partition coefficient (Wildman–Crippen LogP) is 1.32. The lowest BCUT2D eigenvalue weighted by Gasteiger charge is -2.28. The highest BCUT2D eigenvalue weighted by Crippen LogP contribution is 2.20. The van der Waals surface area contributed by atoms with Crippen LogP contribution >= 0.6 is 0 Å². The van der Waals surface area contributed by atoms with E-state index in [1.807, 2.05) is 0 Å². The van der Waals surface area contributed by atoms with Crippen molar-refractivity contribution < 1.29 is 5.11 Å². The van der Waals surface area contributed by atoms with E-state index in [1.54, 1.807) is 6.07 Å². The van der Waals surface area contributed by atoms with E-state index in [2.05, 4.69) is 39.1 Å². The molecule has 2 heterocycles. The van der Waals surface area contributed by atoms with Gasteiger partial charge in [-0.2, -0.15) is 4.98 Å². The number of nitrogens with zero attached hydrogens (tertiary/aromatic N) is 3. The molecule has 0 atom stereocenters. The number of anilines is 1. The molecule has 0 amide bonds. The smallest absolute Gasteiger partial charge is 0.223 e. The third kappa shape index (κ3) is 2.66. The Morgan fingerprint density at radius 1 is 1.21 bits per heavy atom. The summed E-state index contributed by atoms with van der Waals surface area (Å²) in [6.45, 7) is 2.57. The van der Waals surface area contributed by atoms with Crippen LogP contribution in [0.25, 0.3) is 0 Å². The quantitative estimate of drug-likeness (QED) is 0.847. The minimum atomic E-state index is -0.0695. The normalized spacial score (nSPS) is 15.2. The van der Waals surface area contributed by atoms with Crippen molar-refractivity contribution in [2.75, 3.05) is 12.3 Å². The van der Waals surface area contributed by atoms with Gasteiger partial charge in [-0.15, -0.1) is 0 Å². The minimum absolute atomic E-state index is 0.0695. The van der Waals surface area contributed by atoms with Crippen LogP contribution in [0, 0.1) is 0 Å². The fraction of sp³-hybridized carbons (Fsp3) is 0.286. The number of rotatable bonds is 2. The number of aromatic hydroxyl groups is 1. The first-order valence-corrected chi connectivity index (χ1v) is 6.32. The van der Waals surface area contributed by atoms with E-state index in [4.69, 9.17) is 5.73 Å². The van der Waals surface area contributed by atoms with Crippen LogP contribution in [-0.4, -0.2) is 26.5 Å². The van der Waals surface area contributed by atoms with Gasteiger partial charge >= 0.3 is 0 Å². The first kappa shape index (κ1) is 11.9. The Bertz CT molecular complexity index is 579. The molecule has 0 fully saturated rings. The van der Waals surface area contributed by atoms with Crippen LogP contribution in [0.4, 0.5) is 5.95 Å². The molecule has 1 aromatic carbocycles. The third-order valence-electron chi connectivity index (χ3n) is 3.38. The third-order valence-corrected chi connectivity index (χ3v) is 3.38. The van der Waals surface area contributed by atoms with Crippen LogP contribution in [0.5, 0.6) is 5.88 Å². The fourth-order valence-electron chi connectivity index (χ4n) is 2.50. The van der Waals surface area contributed by atoms with Gasteiger partial charge in [0.1, 0.15) is 0 Å². The average molecular weight is 256 g/mol. The maximum Gasteiger partial charge on any atom is 0.223 e. The largest absolute Gasteiger partial charge is 0.493 e. The Kier molecular flexibility index (Phi) is 3.05. The van der Waals surface area contributed by atoms with Gasteiger partial charge in [-0.1, -0.05) is 24.3 Å². The molecule has 0 saturated carbocycles. The summed E-state index contributed by atoms with van der Waals surface area (Å²) in [5.74, 6) is 0.0484. The van der Waals surface area contributed by atoms with Gasteiger partial charge in [-0.3, -0.25) is 4.90 Å². The van der Waals surface area contributed by atoms with Crippen molar-refractivity contribution in [3.63, 3.8) is 0 Å². The molecule has 0 unspecified atom stereocenters. The van der Waals surface area contributed by atoms with Gasteiger partial charge in [-0.25, -0.2) is 4.98 Å². The van der Waals surface area contributed by atoms with E-state index in [0.717, 1.165) is 25.2 Å². The summed E-state index contributed by atoms with van der Waals surface area (Å²) in [6, 6.07) is 10.1. The van der Waals surface area contributed by atoms with Crippen molar-refractivity contribution >= 4 is 5.95 Å². The first-order chi connectivity index (χ1) is 9.20. The zero-order chi connectivity index (χ0) is 13.2. The topological polar surface area (TPSA) is 75.3 Å². The molecule has 98 valence electrons. The summed E-state index contributed by atoms with van der Waals surface area (Å²) in [5.41, 5.74) is 9.08. The summed E-state index contributed by atoms with van der Waals surface area (Å²) < 4.78 is 0. The Morgan fingerprint density at radius 2 is 2.00 bits per heavy atom. The second-order valence-corrected chi connectivity index (χ2v) is 4.81. The average Bonchev–Trinajstić information content (AvgIpc) is 2.37. The number of hydrogen-bond acceptors (Lipinski definition) is 5.